The van der Waals surface area contributed by atoms with Crippen LogP contribution in [0.25, 0.3) is 10.9 Å². The van der Waals surface area contributed by atoms with Gasteiger partial charge in [0.1, 0.15) is 0 Å². The number of hydrogen-bond donors (Lipinski definition) is 2. The topological polar surface area (TPSA) is 59.0 Å². The zero-order chi connectivity index (χ0) is 18.1. The van der Waals surface area contributed by atoms with Crippen molar-refractivity contribution in [2.24, 2.45) is 7.05 Å². The normalized spacial score (nSPS) is 16.9. The van der Waals surface area contributed by atoms with Crippen molar-refractivity contribution in [3.63, 3.8) is 0 Å². The summed E-state index contributed by atoms with van der Waals surface area (Å²) in [6, 6.07) is 14.2. The number of benzene rings is 2. The largest absolute Gasteiger partial charge is 0.346 e. The molecule has 0 bridgehead atoms. The van der Waals surface area contributed by atoms with Crippen LogP contribution in [0.5, 0.6) is 0 Å². The molecule has 0 aliphatic carbocycles. The Morgan fingerprint density at radius 3 is 2.96 bits per heavy atom. The van der Waals surface area contributed by atoms with E-state index in [-0.39, 0.29) is 5.91 Å². The molecule has 1 amide bonds. The van der Waals surface area contributed by atoms with Gasteiger partial charge in [-0.2, -0.15) is 5.10 Å². The molecule has 134 valence electrons. The molecule has 2 aromatic carbocycles. The van der Waals surface area contributed by atoms with Gasteiger partial charge >= 0.3 is 0 Å². The van der Waals surface area contributed by atoms with Gasteiger partial charge in [-0.15, -0.1) is 0 Å². The number of nitrogens with zero attached hydrogens (tertiary/aromatic N) is 2. The molecule has 1 aliphatic rings. The number of hydrogen-bond acceptors (Lipinski definition) is 3. The van der Waals surface area contributed by atoms with E-state index >= 15 is 0 Å². The standard InChI is InChI=1S/C21H24N4O/c1-14-7-8-20-18(11-14)19(24-25(20)2)13-23-21(26)17-6-4-3-5-16(17)15-9-10-22-12-15/h3-8,11,15,22H,9-10,12-13H2,1-2H3,(H,23,26). The summed E-state index contributed by atoms with van der Waals surface area (Å²) < 4.78 is 1.87. The van der Waals surface area contributed by atoms with Crippen molar-refractivity contribution in [2.75, 3.05) is 13.1 Å². The molecule has 0 spiro atoms. The molecule has 5 heteroatoms. The lowest BCUT2D eigenvalue weighted by Gasteiger charge is -2.14. The summed E-state index contributed by atoms with van der Waals surface area (Å²) in [4.78, 5) is 12.8. The van der Waals surface area contributed by atoms with E-state index < -0.39 is 0 Å². The van der Waals surface area contributed by atoms with Crippen LogP contribution in [0.4, 0.5) is 0 Å². The molecule has 5 nitrogen and oxygen atoms in total. The van der Waals surface area contributed by atoms with Crippen molar-refractivity contribution in [1.29, 1.82) is 0 Å². The second kappa shape index (κ2) is 6.92. The maximum atomic E-state index is 12.8. The zero-order valence-electron chi connectivity index (χ0n) is 15.2. The number of rotatable bonds is 4. The Bertz CT molecular complexity index is 954. The monoisotopic (exact) mass is 348 g/mol. The molecule has 1 aromatic heterocycles. The van der Waals surface area contributed by atoms with E-state index in [9.17, 15) is 4.79 Å². The van der Waals surface area contributed by atoms with Crippen molar-refractivity contribution in [2.45, 2.75) is 25.8 Å². The highest BCUT2D eigenvalue weighted by atomic mass is 16.1. The van der Waals surface area contributed by atoms with Gasteiger partial charge in [0.05, 0.1) is 17.8 Å². The average Bonchev–Trinajstić information content (AvgIpc) is 3.28. The third-order valence-electron chi connectivity index (χ3n) is 5.20. The van der Waals surface area contributed by atoms with Crippen LogP contribution in [-0.4, -0.2) is 28.8 Å². The Morgan fingerprint density at radius 1 is 1.31 bits per heavy atom. The SMILES string of the molecule is Cc1ccc2c(c1)c(CNC(=O)c1ccccc1C1CCNC1)nn2C. The van der Waals surface area contributed by atoms with E-state index in [0.29, 0.717) is 12.5 Å². The summed E-state index contributed by atoms with van der Waals surface area (Å²) in [6.45, 7) is 4.45. The van der Waals surface area contributed by atoms with Crippen LogP contribution in [0.15, 0.2) is 42.5 Å². The first-order chi connectivity index (χ1) is 12.6. The number of aromatic nitrogens is 2. The van der Waals surface area contributed by atoms with Gasteiger partial charge in [0.2, 0.25) is 0 Å². The molecule has 26 heavy (non-hydrogen) atoms. The first-order valence-corrected chi connectivity index (χ1v) is 9.13. The lowest BCUT2D eigenvalue weighted by molar-refractivity contribution is 0.0949. The predicted octanol–water partition coefficient (Wildman–Crippen LogP) is 2.89. The molecule has 4 rings (SSSR count). The van der Waals surface area contributed by atoms with Gasteiger partial charge in [-0.1, -0.05) is 29.8 Å². The third-order valence-corrected chi connectivity index (χ3v) is 5.20. The Balaban J connectivity index is 1.56. The van der Waals surface area contributed by atoms with Gasteiger partial charge in [-0.3, -0.25) is 9.48 Å². The molecule has 1 atom stereocenters. The Kier molecular flexibility index (Phi) is 4.47. The number of aryl methyl sites for hydroxylation is 2. The molecule has 0 saturated carbocycles. The summed E-state index contributed by atoms with van der Waals surface area (Å²) in [7, 11) is 1.94. The van der Waals surface area contributed by atoms with Crippen LogP contribution in [0.2, 0.25) is 0 Å². The lowest BCUT2D eigenvalue weighted by atomic mass is 9.93. The fourth-order valence-corrected chi connectivity index (χ4v) is 3.82. The van der Waals surface area contributed by atoms with E-state index in [1.165, 1.54) is 5.56 Å². The lowest BCUT2D eigenvalue weighted by Crippen LogP contribution is -2.25. The van der Waals surface area contributed by atoms with Crippen molar-refractivity contribution in [1.82, 2.24) is 20.4 Å². The molecule has 3 aromatic rings. The Hall–Kier alpha value is -2.66. The van der Waals surface area contributed by atoms with Crippen molar-refractivity contribution in [3.05, 3.63) is 64.8 Å². The fraction of sp³-hybridized carbons (Fsp3) is 0.333. The van der Waals surface area contributed by atoms with Gasteiger partial charge in [0, 0.05) is 24.5 Å². The smallest absolute Gasteiger partial charge is 0.251 e. The van der Waals surface area contributed by atoms with E-state index in [0.717, 1.165) is 47.2 Å². The predicted molar refractivity (Wildman–Crippen MR) is 103 cm³/mol. The Morgan fingerprint density at radius 2 is 2.15 bits per heavy atom. The van der Waals surface area contributed by atoms with Crippen molar-refractivity contribution < 1.29 is 4.79 Å². The minimum atomic E-state index is -0.0287. The van der Waals surface area contributed by atoms with Gasteiger partial charge in [-0.05, 0) is 49.6 Å². The van der Waals surface area contributed by atoms with Crippen LogP contribution in [0.3, 0.4) is 0 Å². The van der Waals surface area contributed by atoms with Crippen LogP contribution in [0.1, 0.15) is 39.5 Å². The number of carbonyl (C=O) groups is 1. The highest BCUT2D eigenvalue weighted by Gasteiger charge is 2.22. The van der Waals surface area contributed by atoms with E-state index in [2.05, 4.69) is 46.9 Å². The van der Waals surface area contributed by atoms with Crippen molar-refractivity contribution in [3.8, 4) is 0 Å². The molecule has 2 heterocycles. The van der Waals surface area contributed by atoms with Crippen LogP contribution in [-0.2, 0) is 13.6 Å². The molecule has 1 aliphatic heterocycles. The number of fused-ring (bicyclic) bond motifs is 1. The maximum absolute atomic E-state index is 12.8. The highest BCUT2D eigenvalue weighted by Crippen LogP contribution is 2.26. The van der Waals surface area contributed by atoms with Gasteiger partial charge in [0.15, 0.2) is 0 Å². The number of carbonyl (C=O) groups excluding carboxylic acids is 1. The second-order valence-corrected chi connectivity index (χ2v) is 7.05. The highest BCUT2D eigenvalue weighted by molar-refractivity contribution is 5.96. The van der Waals surface area contributed by atoms with Gasteiger partial charge < -0.3 is 10.6 Å². The third kappa shape index (κ3) is 3.10. The molecule has 2 N–H and O–H groups in total. The Labute approximate surface area is 153 Å². The molecule has 1 unspecified atom stereocenters. The summed E-state index contributed by atoms with van der Waals surface area (Å²) in [5, 5.41) is 12.1. The van der Waals surface area contributed by atoms with Crippen LogP contribution >= 0.6 is 0 Å². The summed E-state index contributed by atoms with van der Waals surface area (Å²) in [5.74, 6) is 0.384. The average molecular weight is 348 g/mol. The summed E-state index contributed by atoms with van der Waals surface area (Å²) in [6.07, 6.45) is 1.08. The number of nitrogens with one attached hydrogen (secondary N) is 2. The number of amides is 1. The van der Waals surface area contributed by atoms with Crippen LogP contribution in [0, 0.1) is 6.92 Å². The minimum Gasteiger partial charge on any atom is -0.346 e. The zero-order valence-corrected chi connectivity index (χ0v) is 15.2. The summed E-state index contributed by atoms with van der Waals surface area (Å²) in [5.41, 5.74) is 5.09. The first kappa shape index (κ1) is 16.8. The molecular formula is C21H24N4O. The molecule has 1 fully saturated rings. The second-order valence-electron chi connectivity index (χ2n) is 7.05. The molecular weight excluding hydrogens is 324 g/mol. The molecule has 0 radical (unpaired) electrons. The minimum absolute atomic E-state index is 0.0287. The van der Waals surface area contributed by atoms with Gasteiger partial charge in [0.25, 0.3) is 5.91 Å². The van der Waals surface area contributed by atoms with E-state index in [4.69, 9.17) is 0 Å². The summed E-state index contributed by atoms with van der Waals surface area (Å²) >= 11 is 0. The van der Waals surface area contributed by atoms with Crippen molar-refractivity contribution >= 4 is 16.8 Å². The molecule has 1 saturated heterocycles. The fourth-order valence-electron chi connectivity index (χ4n) is 3.82. The quantitative estimate of drug-likeness (QED) is 0.762. The first-order valence-electron chi connectivity index (χ1n) is 9.13. The maximum Gasteiger partial charge on any atom is 0.251 e. The van der Waals surface area contributed by atoms with E-state index in [1.54, 1.807) is 0 Å². The van der Waals surface area contributed by atoms with Gasteiger partial charge in [-0.25, -0.2) is 0 Å². The van der Waals surface area contributed by atoms with E-state index in [1.807, 2.05) is 29.9 Å². The van der Waals surface area contributed by atoms with Crippen LogP contribution < -0.4 is 10.6 Å².